The van der Waals surface area contributed by atoms with Crippen molar-refractivity contribution in [2.75, 3.05) is 5.32 Å². The summed E-state index contributed by atoms with van der Waals surface area (Å²) < 4.78 is 1.85. The zero-order chi connectivity index (χ0) is 17.3. The van der Waals surface area contributed by atoms with Crippen molar-refractivity contribution in [2.45, 2.75) is 40.2 Å². The molecule has 124 valence electrons. The Morgan fingerprint density at radius 1 is 1.29 bits per heavy atom. The first-order chi connectivity index (χ1) is 11.5. The van der Waals surface area contributed by atoms with Crippen LogP contribution in [-0.2, 0) is 6.42 Å². The summed E-state index contributed by atoms with van der Waals surface area (Å²) in [4.78, 5) is 17.4. The Morgan fingerprint density at radius 2 is 2.04 bits per heavy atom. The molecule has 0 spiro atoms. The largest absolute Gasteiger partial charge is 0.322 e. The number of anilines is 1. The van der Waals surface area contributed by atoms with Crippen LogP contribution in [0.15, 0.2) is 36.5 Å². The van der Waals surface area contributed by atoms with Gasteiger partial charge >= 0.3 is 0 Å². The molecule has 0 fully saturated rings. The number of benzene rings is 1. The molecule has 24 heavy (non-hydrogen) atoms. The van der Waals surface area contributed by atoms with Crippen molar-refractivity contribution in [2.24, 2.45) is 0 Å². The molecule has 0 unspecified atom stereocenters. The molecule has 3 aromatic rings. The van der Waals surface area contributed by atoms with Crippen LogP contribution in [0.2, 0.25) is 0 Å². The van der Waals surface area contributed by atoms with Crippen LogP contribution in [0.3, 0.4) is 0 Å². The predicted molar refractivity (Wildman–Crippen MR) is 96.4 cm³/mol. The highest BCUT2D eigenvalue weighted by molar-refractivity contribution is 6.12. The standard InChI is InChI=1S/C19H22N4O/c1-5-14-8-6-7-9-17(14)22-19(24)15-10-13(4)21-18-16(15)11-20-23(18)12(2)3/h6-12H,5H2,1-4H3,(H,22,24). The van der Waals surface area contributed by atoms with Gasteiger partial charge in [0.2, 0.25) is 0 Å². The van der Waals surface area contributed by atoms with Gasteiger partial charge in [-0.15, -0.1) is 0 Å². The van der Waals surface area contributed by atoms with Crippen LogP contribution in [0.4, 0.5) is 5.69 Å². The smallest absolute Gasteiger partial charge is 0.256 e. The van der Waals surface area contributed by atoms with E-state index in [0.29, 0.717) is 5.56 Å². The molecule has 1 N–H and O–H groups in total. The maximum atomic E-state index is 12.9. The van der Waals surface area contributed by atoms with Gasteiger partial charge in [-0.1, -0.05) is 25.1 Å². The van der Waals surface area contributed by atoms with Gasteiger partial charge in [-0.25, -0.2) is 9.67 Å². The summed E-state index contributed by atoms with van der Waals surface area (Å²) >= 11 is 0. The van der Waals surface area contributed by atoms with Crippen molar-refractivity contribution in [1.29, 1.82) is 0 Å². The van der Waals surface area contributed by atoms with Gasteiger partial charge in [-0.3, -0.25) is 4.79 Å². The fourth-order valence-corrected chi connectivity index (χ4v) is 2.85. The van der Waals surface area contributed by atoms with Crippen LogP contribution in [0, 0.1) is 6.92 Å². The van der Waals surface area contributed by atoms with E-state index >= 15 is 0 Å². The number of nitrogens with zero attached hydrogens (tertiary/aromatic N) is 3. The summed E-state index contributed by atoms with van der Waals surface area (Å²) in [6.07, 6.45) is 2.59. The molecule has 5 heteroatoms. The second-order valence-corrected chi connectivity index (χ2v) is 6.20. The Bertz CT molecular complexity index is 896. The molecule has 1 aromatic carbocycles. The topological polar surface area (TPSA) is 59.8 Å². The number of pyridine rings is 1. The number of carbonyl (C=O) groups is 1. The molecule has 0 aliphatic carbocycles. The summed E-state index contributed by atoms with van der Waals surface area (Å²) in [5.41, 5.74) is 4.13. The Morgan fingerprint density at radius 3 is 2.75 bits per heavy atom. The molecular formula is C19H22N4O. The summed E-state index contributed by atoms with van der Waals surface area (Å²) in [5, 5.41) is 8.20. The molecule has 1 amide bonds. The quantitative estimate of drug-likeness (QED) is 0.785. The average Bonchev–Trinajstić information content (AvgIpc) is 2.98. The average molecular weight is 322 g/mol. The van der Waals surface area contributed by atoms with Crippen LogP contribution in [0.25, 0.3) is 11.0 Å². The molecule has 2 heterocycles. The summed E-state index contributed by atoms with van der Waals surface area (Å²) in [6.45, 7) is 8.07. The number of aromatic nitrogens is 3. The highest BCUT2D eigenvalue weighted by Crippen LogP contribution is 2.23. The van der Waals surface area contributed by atoms with Gasteiger partial charge in [0, 0.05) is 17.4 Å². The van der Waals surface area contributed by atoms with Crippen molar-refractivity contribution in [1.82, 2.24) is 14.8 Å². The predicted octanol–water partition coefficient (Wildman–Crippen LogP) is 4.14. The van der Waals surface area contributed by atoms with E-state index in [1.54, 1.807) is 6.20 Å². The van der Waals surface area contributed by atoms with E-state index in [-0.39, 0.29) is 11.9 Å². The minimum Gasteiger partial charge on any atom is -0.322 e. The molecule has 0 aliphatic heterocycles. The monoisotopic (exact) mass is 322 g/mol. The Labute approximate surface area is 141 Å². The molecule has 0 radical (unpaired) electrons. The fraction of sp³-hybridized carbons (Fsp3) is 0.316. The first kappa shape index (κ1) is 16.2. The van der Waals surface area contributed by atoms with E-state index in [2.05, 4.69) is 22.3 Å². The van der Waals surface area contributed by atoms with Gasteiger partial charge in [-0.2, -0.15) is 5.10 Å². The Kier molecular flexibility index (Phi) is 4.34. The third kappa shape index (κ3) is 2.89. The normalized spacial score (nSPS) is 11.2. The van der Waals surface area contributed by atoms with Crippen LogP contribution in [-0.4, -0.2) is 20.7 Å². The summed E-state index contributed by atoms with van der Waals surface area (Å²) in [7, 11) is 0. The van der Waals surface area contributed by atoms with Gasteiger partial charge in [0.1, 0.15) is 0 Å². The molecule has 2 aromatic heterocycles. The number of carbonyl (C=O) groups excluding carboxylic acids is 1. The maximum Gasteiger partial charge on any atom is 0.256 e. The van der Waals surface area contributed by atoms with Crippen molar-refractivity contribution in [3.05, 3.63) is 53.3 Å². The van der Waals surface area contributed by atoms with Crippen LogP contribution in [0.1, 0.15) is 48.4 Å². The zero-order valence-electron chi connectivity index (χ0n) is 14.5. The fourth-order valence-electron chi connectivity index (χ4n) is 2.85. The van der Waals surface area contributed by atoms with E-state index in [0.717, 1.165) is 34.4 Å². The van der Waals surface area contributed by atoms with Gasteiger partial charge in [0.05, 0.1) is 17.1 Å². The highest BCUT2D eigenvalue weighted by atomic mass is 16.1. The second kappa shape index (κ2) is 6.43. The molecule has 0 aliphatic rings. The lowest BCUT2D eigenvalue weighted by Crippen LogP contribution is -2.14. The Hall–Kier alpha value is -2.69. The molecule has 0 bridgehead atoms. The van der Waals surface area contributed by atoms with Crippen molar-refractivity contribution in [3.63, 3.8) is 0 Å². The number of amides is 1. The van der Waals surface area contributed by atoms with Gasteiger partial charge in [0.15, 0.2) is 5.65 Å². The number of nitrogens with one attached hydrogen (secondary N) is 1. The molecule has 0 saturated carbocycles. The van der Waals surface area contributed by atoms with Crippen molar-refractivity contribution >= 4 is 22.6 Å². The number of para-hydroxylation sites is 1. The minimum atomic E-state index is -0.130. The lowest BCUT2D eigenvalue weighted by atomic mass is 10.1. The van der Waals surface area contributed by atoms with Crippen molar-refractivity contribution in [3.8, 4) is 0 Å². The number of aryl methyl sites for hydroxylation is 2. The molecule has 5 nitrogen and oxygen atoms in total. The SMILES string of the molecule is CCc1ccccc1NC(=O)c1cc(C)nc2c1cnn2C(C)C. The number of rotatable bonds is 4. The van der Waals surface area contributed by atoms with E-state index in [1.807, 2.05) is 55.8 Å². The molecule has 0 atom stereocenters. The molecule has 0 saturated heterocycles. The zero-order valence-corrected chi connectivity index (χ0v) is 14.5. The van der Waals surface area contributed by atoms with Gasteiger partial charge < -0.3 is 5.32 Å². The van der Waals surface area contributed by atoms with Crippen molar-refractivity contribution < 1.29 is 4.79 Å². The first-order valence-corrected chi connectivity index (χ1v) is 8.25. The number of fused-ring (bicyclic) bond motifs is 1. The minimum absolute atomic E-state index is 0.130. The second-order valence-electron chi connectivity index (χ2n) is 6.20. The summed E-state index contributed by atoms with van der Waals surface area (Å²) in [6, 6.07) is 9.88. The maximum absolute atomic E-state index is 12.9. The molecule has 3 rings (SSSR count). The van der Waals surface area contributed by atoms with E-state index in [1.165, 1.54) is 0 Å². The lowest BCUT2D eigenvalue weighted by Gasteiger charge is -2.11. The van der Waals surface area contributed by atoms with Gasteiger partial charge in [0.25, 0.3) is 5.91 Å². The van der Waals surface area contributed by atoms with E-state index in [9.17, 15) is 4.79 Å². The molecular weight excluding hydrogens is 300 g/mol. The highest BCUT2D eigenvalue weighted by Gasteiger charge is 2.17. The van der Waals surface area contributed by atoms with Crippen LogP contribution >= 0.6 is 0 Å². The van der Waals surface area contributed by atoms with E-state index in [4.69, 9.17) is 0 Å². The number of hydrogen-bond donors (Lipinski definition) is 1. The van der Waals surface area contributed by atoms with E-state index < -0.39 is 0 Å². The van der Waals surface area contributed by atoms with Gasteiger partial charge in [-0.05, 0) is 44.9 Å². The number of hydrogen-bond acceptors (Lipinski definition) is 3. The Balaban J connectivity index is 2.04. The third-order valence-electron chi connectivity index (χ3n) is 4.08. The van der Waals surface area contributed by atoms with Crippen LogP contribution in [0.5, 0.6) is 0 Å². The first-order valence-electron chi connectivity index (χ1n) is 8.25. The third-order valence-corrected chi connectivity index (χ3v) is 4.08. The lowest BCUT2D eigenvalue weighted by molar-refractivity contribution is 0.102. The summed E-state index contributed by atoms with van der Waals surface area (Å²) in [5.74, 6) is -0.130. The van der Waals surface area contributed by atoms with Crippen LogP contribution < -0.4 is 5.32 Å².